The van der Waals surface area contributed by atoms with Crippen molar-refractivity contribution in [3.05, 3.63) is 85.8 Å². The minimum absolute atomic E-state index is 0.160. The molecule has 0 saturated carbocycles. The van der Waals surface area contributed by atoms with E-state index in [0.29, 0.717) is 11.6 Å². The first-order valence-corrected chi connectivity index (χ1v) is 10.9. The van der Waals surface area contributed by atoms with Crippen LogP contribution < -0.4 is 10.6 Å². The zero-order valence-electron chi connectivity index (χ0n) is 18.1. The number of benzene rings is 2. The summed E-state index contributed by atoms with van der Waals surface area (Å²) < 4.78 is 49.5. The highest BCUT2D eigenvalue weighted by molar-refractivity contribution is 9.10. The van der Waals surface area contributed by atoms with Crippen LogP contribution in [0.1, 0.15) is 17.0 Å². The van der Waals surface area contributed by atoms with Crippen LogP contribution >= 0.6 is 27.5 Å². The maximum Gasteiger partial charge on any atom is 0.416 e. The van der Waals surface area contributed by atoms with Crippen LogP contribution in [0.5, 0.6) is 0 Å². The van der Waals surface area contributed by atoms with Crippen LogP contribution in [0.25, 0.3) is 0 Å². The zero-order valence-corrected chi connectivity index (χ0v) is 20.5. The van der Waals surface area contributed by atoms with Gasteiger partial charge in [0, 0.05) is 4.47 Å². The number of nitriles is 1. The fourth-order valence-electron chi connectivity index (χ4n) is 3.69. The van der Waals surface area contributed by atoms with Crippen LogP contribution in [-0.2, 0) is 25.2 Å². The van der Waals surface area contributed by atoms with Gasteiger partial charge >= 0.3 is 18.1 Å². The quantitative estimate of drug-likeness (QED) is 0.515. The molecule has 0 spiro atoms. The van der Waals surface area contributed by atoms with Gasteiger partial charge in [-0.2, -0.15) is 18.4 Å². The topological polar surface area (TPSA) is 106 Å². The van der Waals surface area contributed by atoms with Crippen LogP contribution in [0, 0.1) is 11.3 Å². The number of esters is 2. The fourth-order valence-corrected chi connectivity index (χ4v) is 4.74. The van der Waals surface area contributed by atoms with E-state index >= 15 is 0 Å². The number of ether oxygens (including phenoxy) is 2. The van der Waals surface area contributed by atoms with Gasteiger partial charge in [0.1, 0.15) is 11.5 Å². The molecule has 2 aromatic carbocycles. The Morgan fingerprint density at radius 2 is 1.74 bits per heavy atom. The predicted molar refractivity (Wildman–Crippen MR) is 124 cm³/mol. The number of nitrogens with zero attached hydrogens (tertiary/aromatic N) is 2. The molecule has 35 heavy (non-hydrogen) atoms. The van der Waals surface area contributed by atoms with Crippen LogP contribution in [0.15, 0.2) is 69.6 Å². The molecule has 0 amide bonds. The number of allylic oxidation sites excluding steroid dienone is 1. The van der Waals surface area contributed by atoms with E-state index in [1.807, 2.05) is 6.07 Å². The van der Waals surface area contributed by atoms with Crippen molar-refractivity contribution in [1.29, 1.82) is 5.26 Å². The molecule has 2 N–H and O–H groups in total. The molecular weight excluding hydrogens is 555 g/mol. The van der Waals surface area contributed by atoms with Crippen LogP contribution in [-0.4, -0.2) is 26.2 Å². The molecule has 2 aromatic rings. The molecule has 1 unspecified atom stereocenters. The molecule has 1 aliphatic heterocycles. The smallest absolute Gasteiger partial charge is 0.416 e. The lowest BCUT2D eigenvalue weighted by Crippen LogP contribution is -2.41. The Morgan fingerprint density at radius 1 is 1.14 bits per heavy atom. The van der Waals surface area contributed by atoms with Crippen molar-refractivity contribution in [3.63, 3.8) is 0 Å². The Bertz CT molecular complexity index is 1280. The van der Waals surface area contributed by atoms with E-state index in [2.05, 4.69) is 15.9 Å². The molecule has 7 nitrogen and oxygen atoms in total. The SMILES string of the molecule is COC(=O)C1=C(C(=O)OC)N(c2c(Cl)cc(C(F)(F)F)cc2Br)C(N)=C(C#N)C1c1ccccc1. The number of halogens is 5. The molecule has 0 aliphatic carbocycles. The highest BCUT2D eigenvalue weighted by atomic mass is 79.9. The Morgan fingerprint density at radius 3 is 2.23 bits per heavy atom. The van der Waals surface area contributed by atoms with Gasteiger partial charge in [-0.1, -0.05) is 41.9 Å². The van der Waals surface area contributed by atoms with E-state index in [9.17, 15) is 28.0 Å². The van der Waals surface area contributed by atoms with Gasteiger partial charge in [0.15, 0.2) is 0 Å². The molecule has 0 aromatic heterocycles. The van der Waals surface area contributed by atoms with Gasteiger partial charge in [-0.05, 0) is 33.6 Å². The summed E-state index contributed by atoms with van der Waals surface area (Å²) >= 11 is 9.28. The Labute approximate surface area is 211 Å². The van der Waals surface area contributed by atoms with Gasteiger partial charge in [-0.25, -0.2) is 9.59 Å². The first-order chi connectivity index (χ1) is 16.5. The number of methoxy groups -OCH3 is 2. The lowest BCUT2D eigenvalue weighted by atomic mass is 9.81. The van der Waals surface area contributed by atoms with Gasteiger partial charge in [-0.3, -0.25) is 4.90 Å². The number of nitrogens with two attached hydrogens (primary N) is 1. The Balaban J connectivity index is 2.46. The second-order valence-electron chi connectivity index (χ2n) is 7.12. The summed E-state index contributed by atoms with van der Waals surface area (Å²) in [6.07, 6.45) is -4.72. The number of alkyl halides is 3. The fraction of sp³-hybridized carbons (Fsp3) is 0.174. The minimum atomic E-state index is -4.72. The highest BCUT2D eigenvalue weighted by Crippen LogP contribution is 2.48. The number of carbonyl (C=O) groups is 2. The summed E-state index contributed by atoms with van der Waals surface area (Å²) in [4.78, 5) is 26.9. The Hall–Kier alpha value is -3.49. The number of rotatable bonds is 4. The van der Waals surface area contributed by atoms with E-state index in [-0.39, 0.29) is 27.1 Å². The second-order valence-corrected chi connectivity index (χ2v) is 8.38. The van der Waals surface area contributed by atoms with Crippen molar-refractivity contribution in [1.82, 2.24) is 0 Å². The molecule has 182 valence electrons. The largest absolute Gasteiger partial charge is 0.466 e. The third-order valence-electron chi connectivity index (χ3n) is 5.18. The summed E-state index contributed by atoms with van der Waals surface area (Å²) in [7, 11) is 2.12. The van der Waals surface area contributed by atoms with Crippen molar-refractivity contribution < 1.29 is 32.2 Å². The van der Waals surface area contributed by atoms with Gasteiger partial charge in [-0.15, -0.1) is 0 Å². The van der Waals surface area contributed by atoms with E-state index < -0.39 is 40.3 Å². The van der Waals surface area contributed by atoms with Crippen molar-refractivity contribution >= 4 is 45.2 Å². The molecule has 0 fully saturated rings. The van der Waals surface area contributed by atoms with Gasteiger partial charge in [0.25, 0.3) is 0 Å². The standard InChI is InChI=1S/C23H16BrClF3N3O4/c1-34-21(32)17-16(11-6-4-3-5-7-11)13(10-29)20(30)31(19(17)22(33)35-2)18-14(24)8-12(9-15(18)25)23(26,27)28/h3-9,16H,30H2,1-2H3. The maximum atomic E-state index is 13.3. The molecule has 1 atom stereocenters. The molecule has 0 bridgehead atoms. The van der Waals surface area contributed by atoms with Crippen LogP contribution in [0.3, 0.4) is 0 Å². The molecule has 0 radical (unpaired) electrons. The van der Waals surface area contributed by atoms with Crippen LogP contribution in [0.2, 0.25) is 5.02 Å². The average Bonchev–Trinajstić information content (AvgIpc) is 2.82. The first kappa shape index (κ1) is 26.1. The molecule has 1 aliphatic rings. The van der Waals surface area contributed by atoms with Crippen molar-refractivity contribution in [3.8, 4) is 6.07 Å². The maximum absolute atomic E-state index is 13.3. The van der Waals surface area contributed by atoms with Crippen molar-refractivity contribution in [2.75, 3.05) is 19.1 Å². The summed E-state index contributed by atoms with van der Waals surface area (Å²) in [5, 5.41) is 9.54. The summed E-state index contributed by atoms with van der Waals surface area (Å²) in [5.41, 5.74) is 4.55. The lowest BCUT2D eigenvalue weighted by molar-refractivity contribution is -0.139. The normalized spacial score (nSPS) is 16.2. The first-order valence-electron chi connectivity index (χ1n) is 9.69. The molecule has 3 rings (SSSR count). The van der Waals surface area contributed by atoms with E-state index in [1.165, 1.54) is 0 Å². The van der Waals surface area contributed by atoms with Gasteiger partial charge < -0.3 is 15.2 Å². The third kappa shape index (κ3) is 4.72. The van der Waals surface area contributed by atoms with E-state index in [4.69, 9.17) is 26.8 Å². The lowest BCUT2D eigenvalue weighted by Gasteiger charge is -2.36. The highest BCUT2D eigenvalue weighted by Gasteiger charge is 2.44. The van der Waals surface area contributed by atoms with Gasteiger partial charge in [0.2, 0.25) is 0 Å². The summed E-state index contributed by atoms with van der Waals surface area (Å²) in [6.45, 7) is 0. The molecule has 12 heteroatoms. The van der Waals surface area contributed by atoms with Gasteiger partial charge in [0.05, 0.1) is 53.6 Å². The summed E-state index contributed by atoms with van der Waals surface area (Å²) in [6, 6.07) is 11.6. The Kier molecular flexibility index (Phi) is 7.47. The zero-order chi connectivity index (χ0) is 26.1. The number of anilines is 1. The predicted octanol–water partition coefficient (Wildman–Crippen LogP) is 5.02. The monoisotopic (exact) mass is 569 g/mol. The third-order valence-corrected chi connectivity index (χ3v) is 6.07. The number of carbonyl (C=O) groups excluding carboxylic acids is 2. The molecule has 1 heterocycles. The summed E-state index contributed by atoms with van der Waals surface area (Å²) in [5.74, 6) is -3.51. The minimum Gasteiger partial charge on any atom is -0.466 e. The molecular formula is C23H16BrClF3N3O4. The van der Waals surface area contributed by atoms with E-state index in [1.54, 1.807) is 30.3 Å². The van der Waals surface area contributed by atoms with Crippen molar-refractivity contribution in [2.45, 2.75) is 12.1 Å². The number of hydrogen-bond acceptors (Lipinski definition) is 7. The van der Waals surface area contributed by atoms with Crippen LogP contribution in [0.4, 0.5) is 18.9 Å². The second kappa shape index (κ2) is 10.0. The van der Waals surface area contributed by atoms with Crippen molar-refractivity contribution in [2.24, 2.45) is 5.73 Å². The molecule has 0 saturated heterocycles. The number of hydrogen-bond donors (Lipinski definition) is 1. The van der Waals surface area contributed by atoms with E-state index in [0.717, 1.165) is 25.2 Å². The average molecular weight is 571 g/mol.